The van der Waals surface area contributed by atoms with Crippen molar-refractivity contribution in [2.24, 2.45) is 0 Å². The number of nitrogens with zero attached hydrogens (tertiary/aromatic N) is 7. The Morgan fingerprint density at radius 2 is 2.00 bits per heavy atom. The van der Waals surface area contributed by atoms with Gasteiger partial charge in [-0.1, -0.05) is 24.3 Å². The highest BCUT2D eigenvalue weighted by atomic mass is 16.5. The van der Waals surface area contributed by atoms with Crippen LogP contribution in [0.15, 0.2) is 36.4 Å². The van der Waals surface area contributed by atoms with Gasteiger partial charge in [0.05, 0.1) is 43.4 Å². The third kappa shape index (κ3) is 5.72. The zero-order valence-corrected chi connectivity index (χ0v) is 25.3. The van der Waals surface area contributed by atoms with Gasteiger partial charge in [-0.15, -0.1) is 0 Å². The van der Waals surface area contributed by atoms with Gasteiger partial charge in [0.25, 0.3) is 0 Å². The molecule has 4 aliphatic rings. The molecule has 230 valence electrons. The van der Waals surface area contributed by atoms with E-state index >= 15 is 0 Å². The molecule has 11 heteroatoms. The van der Waals surface area contributed by atoms with Gasteiger partial charge in [-0.2, -0.15) is 15.2 Å². The SMILES string of the molecule is CN1CCC[C@H]1CCOc1nc2c(c(N3CCN(C(=O)[C@@H]4CN4)[C@@H](CC#N)C3)n1)CCN(c1cc(O)cc3ccccc13)C2. The number of carbonyl (C=O) groups excluding carboxylic acids is 1. The van der Waals surface area contributed by atoms with Gasteiger partial charge < -0.3 is 34.8 Å². The average Bonchev–Trinajstić information content (AvgIpc) is 3.81. The van der Waals surface area contributed by atoms with Crippen molar-refractivity contribution in [3.8, 4) is 17.8 Å². The number of ether oxygens (including phenoxy) is 1. The first-order valence-electron chi connectivity index (χ1n) is 15.8. The Morgan fingerprint density at radius 1 is 1.14 bits per heavy atom. The molecule has 3 fully saturated rings. The van der Waals surface area contributed by atoms with Crippen molar-refractivity contribution in [1.82, 2.24) is 25.1 Å². The first kappa shape index (κ1) is 28.6. The van der Waals surface area contributed by atoms with Gasteiger partial charge in [0.15, 0.2) is 0 Å². The van der Waals surface area contributed by atoms with E-state index in [9.17, 15) is 15.2 Å². The highest BCUT2D eigenvalue weighted by molar-refractivity contribution is 5.95. The summed E-state index contributed by atoms with van der Waals surface area (Å²) in [6.45, 7) is 5.42. The molecule has 0 unspecified atom stereocenters. The lowest BCUT2D eigenvalue weighted by Crippen LogP contribution is -2.57. The first-order valence-corrected chi connectivity index (χ1v) is 15.8. The highest BCUT2D eigenvalue weighted by Gasteiger charge is 2.39. The number of phenolic OH excluding ortho intramolecular Hbond substituents is 1. The predicted molar refractivity (Wildman–Crippen MR) is 168 cm³/mol. The maximum absolute atomic E-state index is 13.0. The van der Waals surface area contributed by atoms with Gasteiger partial charge in [-0.05, 0) is 50.7 Å². The minimum Gasteiger partial charge on any atom is -0.508 e. The summed E-state index contributed by atoms with van der Waals surface area (Å²) >= 11 is 0. The predicted octanol–water partition coefficient (Wildman–Crippen LogP) is 2.66. The Labute approximate surface area is 258 Å². The number of carbonyl (C=O) groups is 1. The van der Waals surface area contributed by atoms with Crippen LogP contribution in [0.2, 0.25) is 0 Å². The topological polar surface area (TPSA) is 131 Å². The summed E-state index contributed by atoms with van der Waals surface area (Å²) in [6, 6.07) is 14.6. The third-order valence-corrected chi connectivity index (χ3v) is 9.64. The standard InChI is InChI=1S/C33H40N8O3/c1-38-12-4-6-23(38)10-16-44-33-36-29-21-39(30-18-25(42)17-22-5-2-3-7-26(22)30)13-9-27(29)31(37-33)40-14-15-41(24(20-40)8-11-34)32(43)28-19-35-28/h2-3,5,7,17-18,23-24,28,35,42H,4,6,8-10,12-16,19-21H2,1H3/t23-,24-,28-/m0/s1. The van der Waals surface area contributed by atoms with Crippen molar-refractivity contribution in [1.29, 1.82) is 5.26 Å². The molecule has 1 aromatic heterocycles. The fourth-order valence-corrected chi connectivity index (χ4v) is 7.14. The zero-order chi connectivity index (χ0) is 30.2. The number of hydrogen-bond acceptors (Lipinski definition) is 10. The van der Waals surface area contributed by atoms with Gasteiger partial charge in [-0.3, -0.25) is 4.79 Å². The van der Waals surface area contributed by atoms with Gasteiger partial charge >= 0.3 is 6.01 Å². The normalized spacial score (nSPS) is 23.5. The van der Waals surface area contributed by atoms with Crippen LogP contribution in [0.3, 0.4) is 0 Å². The molecule has 3 saturated heterocycles. The Bertz CT molecular complexity index is 1590. The smallest absolute Gasteiger partial charge is 0.318 e. The first-order chi connectivity index (χ1) is 21.5. The van der Waals surface area contributed by atoms with Crippen LogP contribution in [0.1, 0.15) is 36.9 Å². The Hall–Kier alpha value is -4.14. The molecule has 44 heavy (non-hydrogen) atoms. The molecule has 3 aromatic rings. The third-order valence-electron chi connectivity index (χ3n) is 9.64. The van der Waals surface area contributed by atoms with Gasteiger partial charge in [0.1, 0.15) is 11.6 Å². The molecule has 7 rings (SSSR count). The molecular weight excluding hydrogens is 556 g/mol. The van der Waals surface area contributed by atoms with E-state index in [1.54, 1.807) is 6.07 Å². The van der Waals surface area contributed by atoms with Crippen molar-refractivity contribution >= 4 is 28.2 Å². The molecule has 1 amide bonds. The fraction of sp³-hybridized carbons (Fsp3) is 0.515. The maximum atomic E-state index is 13.0. The van der Waals surface area contributed by atoms with E-state index in [1.807, 2.05) is 29.2 Å². The molecule has 3 atom stereocenters. The zero-order valence-electron chi connectivity index (χ0n) is 25.3. The van der Waals surface area contributed by atoms with Crippen LogP contribution in [0.25, 0.3) is 10.8 Å². The minimum atomic E-state index is -0.199. The van der Waals surface area contributed by atoms with Crippen LogP contribution in [0.5, 0.6) is 11.8 Å². The number of aromatic hydroxyl groups is 1. The molecule has 0 saturated carbocycles. The van der Waals surface area contributed by atoms with E-state index in [0.29, 0.717) is 51.4 Å². The van der Waals surface area contributed by atoms with Crippen LogP contribution in [0.4, 0.5) is 11.5 Å². The molecular formula is C33H40N8O3. The molecule has 0 spiro atoms. The van der Waals surface area contributed by atoms with Crippen LogP contribution in [-0.2, 0) is 17.8 Å². The highest BCUT2D eigenvalue weighted by Crippen LogP contribution is 2.37. The number of rotatable bonds is 8. The number of nitriles is 1. The Morgan fingerprint density at radius 3 is 2.80 bits per heavy atom. The number of anilines is 2. The number of fused-ring (bicyclic) bond motifs is 2. The van der Waals surface area contributed by atoms with E-state index < -0.39 is 0 Å². The number of aromatic nitrogens is 2. The number of phenols is 1. The van der Waals surface area contributed by atoms with E-state index in [-0.39, 0.29) is 30.2 Å². The second-order valence-electron chi connectivity index (χ2n) is 12.5. The second-order valence-corrected chi connectivity index (χ2v) is 12.5. The van der Waals surface area contributed by atoms with E-state index in [0.717, 1.165) is 59.5 Å². The lowest BCUT2D eigenvalue weighted by atomic mass is 10.0. The number of amides is 1. The van der Waals surface area contributed by atoms with E-state index in [1.165, 1.54) is 12.8 Å². The van der Waals surface area contributed by atoms with Crippen molar-refractivity contribution < 1.29 is 14.6 Å². The Balaban J connectivity index is 1.18. The second kappa shape index (κ2) is 12.1. The number of piperazine rings is 1. The molecule has 2 aromatic carbocycles. The molecule has 11 nitrogen and oxygen atoms in total. The fourth-order valence-electron chi connectivity index (χ4n) is 7.14. The van der Waals surface area contributed by atoms with Gasteiger partial charge in [0.2, 0.25) is 5.91 Å². The molecule has 5 heterocycles. The monoisotopic (exact) mass is 596 g/mol. The molecule has 4 aliphatic heterocycles. The molecule has 0 bridgehead atoms. The van der Waals surface area contributed by atoms with Gasteiger partial charge in [0, 0.05) is 61.5 Å². The number of benzene rings is 2. The molecule has 2 N–H and O–H groups in total. The average molecular weight is 597 g/mol. The van der Waals surface area contributed by atoms with Crippen molar-refractivity contribution in [3.63, 3.8) is 0 Å². The van der Waals surface area contributed by atoms with Crippen molar-refractivity contribution in [3.05, 3.63) is 47.7 Å². The number of likely N-dealkylation sites (tertiary alicyclic amines) is 1. The summed E-state index contributed by atoms with van der Waals surface area (Å²) in [5.74, 6) is 1.18. The summed E-state index contributed by atoms with van der Waals surface area (Å²) in [6.07, 6.45) is 4.33. The lowest BCUT2D eigenvalue weighted by Gasteiger charge is -2.42. The van der Waals surface area contributed by atoms with Crippen molar-refractivity contribution in [2.45, 2.75) is 56.8 Å². The Kier molecular flexibility index (Phi) is 7.87. The summed E-state index contributed by atoms with van der Waals surface area (Å²) in [5, 5.41) is 25.3. The molecule has 0 aliphatic carbocycles. The van der Waals surface area contributed by atoms with Gasteiger partial charge in [-0.25, -0.2) is 0 Å². The van der Waals surface area contributed by atoms with Crippen molar-refractivity contribution in [2.75, 3.05) is 62.7 Å². The van der Waals surface area contributed by atoms with Crippen LogP contribution in [0, 0.1) is 11.3 Å². The van der Waals surface area contributed by atoms with E-state index in [4.69, 9.17) is 14.7 Å². The van der Waals surface area contributed by atoms with Crippen LogP contribution >= 0.6 is 0 Å². The maximum Gasteiger partial charge on any atom is 0.318 e. The molecule has 0 radical (unpaired) electrons. The largest absolute Gasteiger partial charge is 0.508 e. The van der Waals surface area contributed by atoms with E-state index in [2.05, 4.69) is 39.2 Å². The van der Waals surface area contributed by atoms with Crippen LogP contribution in [-0.4, -0.2) is 102 Å². The summed E-state index contributed by atoms with van der Waals surface area (Å²) in [5.41, 5.74) is 2.99. The summed E-state index contributed by atoms with van der Waals surface area (Å²) in [7, 11) is 2.17. The lowest BCUT2D eigenvalue weighted by molar-refractivity contribution is -0.133. The quantitative estimate of drug-likeness (QED) is 0.374. The number of hydrogen-bond donors (Lipinski definition) is 2. The minimum absolute atomic E-state index is 0.0875. The summed E-state index contributed by atoms with van der Waals surface area (Å²) < 4.78 is 6.26. The van der Waals surface area contributed by atoms with Crippen LogP contribution < -0.4 is 19.9 Å². The summed E-state index contributed by atoms with van der Waals surface area (Å²) in [4.78, 5) is 31.7. The number of nitrogens with one attached hydrogen (secondary N) is 1.